The largest absolute Gasteiger partial charge is 0.496 e. The van der Waals surface area contributed by atoms with Crippen molar-refractivity contribution in [2.24, 2.45) is 17.3 Å². The first-order chi connectivity index (χ1) is 29.2. The van der Waals surface area contributed by atoms with E-state index in [1.807, 2.05) is 26.0 Å². The minimum atomic E-state index is -3.93. The first-order valence-corrected chi connectivity index (χ1v) is 22.7. The molecule has 0 radical (unpaired) electrons. The Balaban J connectivity index is 1.16. The van der Waals surface area contributed by atoms with Gasteiger partial charge in [-0.05, 0) is 74.3 Å². The van der Waals surface area contributed by atoms with Gasteiger partial charge in [-0.25, -0.2) is 23.2 Å². The quantitative estimate of drug-likeness (QED) is 0.227. The Morgan fingerprint density at radius 2 is 1.90 bits per heavy atom. The van der Waals surface area contributed by atoms with E-state index in [0.29, 0.717) is 66.8 Å². The van der Waals surface area contributed by atoms with Crippen molar-refractivity contribution in [2.45, 2.75) is 120 Å². The molecule has 4 amide bonds. The summed E-state index contributed by atoms with van der Waals surface area (Å²) >= 11 is 0. The SMILES string of the molecule is C=C[C@@H]1CC1(NC(=O)[C@@H]1C[C@@H]2CN1C(=O)[C@H](C1CCCC1)NC(=O)OCC(C)(C)CCCc1cc3c(cc(OCc4ncco4)nc3cc1OC)O2)C(=O)NS(=O)(=O)C1CC1. The van der Waals surface area contributed by atoms with E-state index in [4.69, 9.17) is 28.3 Å². The summed E-state index contributed by atoms with van der Waals surface area (Å²) in [6.07, 6.45) is 9.25. The second-order valence-electron chi connectivity index (χ2n) is 17.8. The van der Waals surface area contributed by atoms with Crippen molar-refractivity contribution in [2.75, 3.05) is 20.3 Å². The van der Waals surface area contributed by atoms with Crippen LogP contribution in [0.2, 0.25) is 0 Å². The van der Waals surface area contributed by atoms with E-state index in [0.717, 1.165) is 24.8 Å². The number of alkyl carbamates (subject to hydrolysis) is 1. The summed E-state index contributed by atoms with van der Waals surface area (Å²) in [6, 6.07) is 3.27. The van der Waals surface area contributed by atoms with Crippen LogP contribution in [0.15, 0.2) is 47.7 Å². The van der Waals surface area contributed by atoms with Gasteiger partial charge in [-0.3, -0.25) is 19.1 Å². The highest BCUT2D eigenvalue weighted by molar-refractivity contribution is 7.91. The predicted octanol–water partition coefficient (Wildman–Crippen LogP) is 4.48. The maximum atomic E-state index is 14.9. The summed E-state index contributed by atoms with van der Waals surface area (Å²) in [5, 5.41) is 5.72. The minimum Gasteiger partial charge on any atom is -0.496 e. The van der Waals surface area contributed by atoms with E-state index in [2.05, 4.69) is 26.9 Å². The van der Waals surface area contributed by atoms with Crippen LogP contribution in [0.1, 0.15) is 89.5 Å². The Morgan fingerprint density at radius 1 is 1.11 bits per heavy atom. The van der Waals surface area contributed by atoms with E-state index >= 15 is 0 Å². The highest BCUT2D eigenvalue weighted by Crippen LogP contribution is 2.46. The Kier molecular flexibility index (Phi) is 11.7. The Hall–Kier alpha value is -5.39. The maximum Gasteiger partial charge on any atom is 0.407 e. The van der Waals surface area contributed by atoms with Gasteiger partial charge >= 0.3 is 6.09 Å². The molecule has 3 saturated carbocycles. The standard InChI is InChI=1S/C43H54N6O11S/c1-5-27-21-43(27,40(52)48-61(54,55)29-12-13-29)47-38(50)32-18-28-22-49(32)39(51)37(25-9-6-7-10-25)46-41(53)59-24-42(2,3)14-8-11-26-17-30-31(19-33(26)56-4)45-35(20-34(30)60-28)58-23-36-44-15-16-57-36/h5,15-17,19-20,25,27-29,32,37H,1,6-14,18,21-24H2,2-4H3,(H,46,53)(H,47,50)(H,48,52)/t27-,28-,32+,37+,43?/m1/s1. The van der Waals surface area contributed by atoms with E-state index in [1.54, 1.807) is 13.2 Å². The van der Waals surface area contributed by atoms with Crippen molar-refractivity contribution in [1.29, 1.82) is 0 Å². The van der Waals surface area contributed by atoms with Crippen LogP contribution in [0, 0.1) is 17.3 Å². The Morgan fingerprint density at radius 3 is 2.59 bits per heavy atom. The number of aryl methyl sites for hydroxylation is 1. The fourth-order valence-electron chi connectivity index (χ4n) is 8.94. The number of cyclic esters (lactones) is 1. The molecule has 3 aliphatic carbocycles. The summed E-state index contributed by atoms with van der Waals surface area (Å²) in [5.41, 5.74) is -0.556. The van der Waals surface area contributed by atoms with Gasteiger partial charge in [0.2, 0.25) is 33.6 Å². The number of methoxy groups -OCH3 is 1. The first-order valence-electron chi connectivity index (χ1n) is 21.1. The smallest absolute Gasteiger partial charge is 0.407 e. The number of amides is 4. The third-order valence-electron chi connectivity index (χ3n) is 12.7. The number of nitrogens with zero attached hydrogens (tertiary/aromatic N) is 3. The summed E-state index contributed by atoms with van der Waals surface area (Å²) in [5.74, 6) is -1.18. The zero-order chi connectivity index (χ0) is 43.1. The lowest BCUT2D eigenvalue weighted by Crippen LogP contribution is -2.59. The molecule has 3 aromatic rings. The molecule has 4 bridgehead atoms. The van der Waals surface area contributed by atoms with E-state index in [9.17, 15) is 27.6 Å². The van der Waals surface area contributed by atoms with E-state index in [1.165, 1.54) is 23.4 Å². The fourth-order valence-corrected chi connectivity index (χ4v) is 10.3. The van der Waals surface area contributed by atoms with E-state index in [-0.39, 0.29) is 44.4 Å². The lowest BCUT2D eigenvalue weighted by Gasteiger charge is -2.32. The van der Waals surface area contributed by atoms with Crippen LogP contribution in [0.4, 0.5) is 4.79 Å². The topological polar surface area (TPSA) is 218 Å². The average molecular weight is 863 g/mol. The fraction of sp³-hybridized carbons (Fsp3) is 0.581. The van der Waals surface area contributed by atoms with Gasteiger partial charge in [0.1, 0.15) is 41.5 Å². The second kappa shape index (κ2) is 16.8. The van der Waals surface area contributed by atoms with Crippen LogP contribution in [-0.2, 0) is 42.2 Å². The van der Waals surface area contributed by atoms with Crippen molar-refractivity contribution in [3.05, 3.63) is 54.8 Å². The highest BCUT2D eigenvalue weighted by Gasteiger charge is 2.62. The van der Waals surface area contributed by atoms with Gasteiger partial charge in [-0.2, -0.15) is 0 Å². The number of nitrogens with one attached hydrogen (secondary N) is 3. The number of hydrogen-bond acceptors (Lipinski definition) is 13. The Labute approximate surface area is 354 Å². The number of hydrogen-bond donors (Lipinski definition) is 3. The monoisotopic (exact) mass is 862 g/mol. The molecule has 3 N–H and O–H groups in total. The molecule has 1 unspecified atom stereocenters. The number of oxazole rings is 1. The number of benzene rings is 1. The number of aromatic nitrogens is 2. The number of pyridine rings is 1. The molecule has 0 spiro atoms. The van der Waals surface area contributed by atoms with Crippen molar-refractivity contribution in [1.82, 2.24) is 30.2 Å². The molecule has 1 aromatic carbocycles. The van der Waals surface area contributed by atoms with Gasteiger partial charge in [0, 0.05) is 29.9 Å². The van der Waals surface area contributed by atoms with Crippen molar-refractivity contribution >= 4 is 44.7 Å². The lowest BCUT2D eigenvalue weighted by molar-refractivity contribution is -0.142. The first kappa shape index (κ1) is 42.3. The molecule has 2 aliphatic heterocycles. The summed E-state index contributed by atoms with van der Waals surface area (Å²) in [7, 11) is -2.34. The molecule has 4 fully saturated rings. The third-order valence-corrected chi connectivity index (χ3v) is 14.5. The summed E-state index contributed by atoms with van der Waals surface area (Å²) in [6.45, 7) is 7.90. The average Bonchev–Trinajstić information content (AvgIpc) is 3.97. The third kappa shape index (κ3) is 9.14. The Bertz CT molecular complexity index is 2290. The minimum absolute atomic E-state index is 0.00373. The molecule has 328 valence electrons. The number of ether oxygens (including phenoxy) is 4. The molecule has 4 heterocycles. The zero-order valence-corrected chi connectivity index (χ0v) is 35.6. The van der Waals surface area contributed by atoms with Gasteiger partial charge < -0.3 is 38.9 Å². The van der Waals surface area contributed by atoms with Crippen LogP contribution in [0.3, 0.4) is 0 Å². The van der Waals surface area contributed by atoms with Gasteiger partial charge in [0.15, 0.2) is 6.61 Å². The van der Waals surface area contributed by atoms with E-state index < -0.39 is 74.1 Å². The number of carbonyl (C=O) groups is 4. The van der Waals surface area contributed by atoms with Gasteiger partial charge in [-0.15, -0.1) is 6.58 Å². The van der Waals surface area contributed by atoms with Crippen LogP contribution >= 0.6 is 0 Å². The van der Waals surface area contributed by atoms with Crippen molar-refractivity contribution < 1.29 is 51.0 Å². The van der Waals surface area contributed by atoms with Crippen molar-refractivity contribution in [3.8, 4) is 17.4 Å². The summed E-state index contributed by atoms with van der Waals surface area (Å²) in [4.78, 5) is 67.0. The number of carbonyl (C=O) groups excluding carboxylic acids is 4. The normalized spacial score (nSPS) is 27.0. The molecule has 5 aliphatic rings. The molecule has 17 nitrogen and oxygen atoms in total. The molecule has 61 heavy (non-hydrogen) atoms. The predicted molar refractivity (Wildman–Crippen MR) is 220 cm³/mol. The van der Waals surface area contributed by atoms with Crippen LogP contribution in [-0.4, -0.2) is 96.3 Å². The molecule has 5 atom stereocenters. The van der Waals surface area contributed by atoms with Crippen molar-refractivity contribution in [3.63, 3.8) is 0 Å². The van der Waals surface area contributed by atoms with Crippen LogP contribution < -0.4 is 29.6 Å². The summed E-state index contributed by atoms with van der Waals surface area (Å²) < 4.78 is 57.7. The lowest BCUT2D eigenvalue weighted by atomic mass is 9.87. The highest BCUT2D eigenvalue weighted by atomic mass is 32.2. The molecular formula is C43H54N6O11S. The number of rotatable bonds is 11. The molecule has 1 saturated heterocycles. The number of sulfonamides is 1. The van der Waals surface area contributed by atoms with Gasteiger partial charge in [-0.1, -0.05) is 32.8 Å². The van der Waals surface area contributed by atoms with Gasteiger partial charge in [0.25, 0.3) is 5.91 Å². The molecular weight excluding hydrogens is 809 g/mol. The van der Waals surface area contributed by atoms with Crippen LogP contribution in [0.25, 0.3) is 10.9 Å². The zero-order valence-electron chi connectivity index (χ0n) is 34.8. The second-order valence-corrected chi connectivity index (χ2v) is 19.7. The molecule has 2 aromatic heterocycles. The molecule has 8 rings (SSSR count). The van der Waals surface area contributed by atoms with Gasteiger partial charge in [0.05, 0.1) is 37.2 Å². The van der Waals surface area contributed by atoms with Crippen LogP contribution in [0.5, 0.6) is 17.4 Å². The molecule has 18 heteroatoms. The number of fused-ring (bicyclic) bond motifs is 3. The maximum absolute atomic E-state index is 14.9.